The van der Waals surface area contributed by atoms with Crippen molar-refractivity contribution in [1.82, 2.24) is 14.5 Å². The molecule has 0 unspecified atom stereocenters. The van der Waals surface area contributed by atoms with Crippen molar-refractivity contribution in [2.24, 2.45) is 0 Å². The molecule has 1 amide bonds. The second-order valence-corrected chi connectivity index (χ2v) is 8.03. The number of benzene rings is 1. The second kappa shape index (κ2) is 9.32. The number of rotatable bonds is 5. The molecule has 3 aromatic rings. The first kappa shape index (κ1) is 21.1. The minimum absolute atomic E-state index is 0.203. The van der Waals surface area contributed by atoms with E-state index in [1.54, 1.807) is 24.5 Å². The summed E-state index contributed by atoms with van der Waals surface area (Å²) in [5, 5.41) is 3.38. The molecule has 4 rings (SSSR count). The molecule has 0 radical (unpaired) electrons. The highest BCUT2D eigenvalue weighted by Crippen LogP contribution is 2.18. The third-order valence-electron chi connectivity index (χ3n) is 5.40. The Morgan fingerprint density at radius 2 is 1.84 bits per heavy atom. The van der Waals surface area contributed by atoms with E-state index in [1.165, 1.54) is 16.7 Å². The molecule has 8 heteroatoms. The van der Waals surface area contributed by atoms with Gasteiger partial charge in [-0.15, -0.1) is 0 Å². The lowest BCUT2D eigenvalue weighted by atomic mass is 10.2. The van der Waals surface area contributed by atoms with Gasteiger partial charge in [0, 0.05) is 43.5 Å². The Balaban J connectivity index is 1.45. The van der Waals surface area contributed by atoms with Crippen molar-refractivity contribution >= 4 is 29.0 Å². The van der Waals surface area contributed by atoms with E-state index in [2.05, 4.69) is 27.1 Å². The third-order valence-corrected chi connectivity index (χ3v) is 5.77. The SMILES string of the molecule is CN1CCN(c2ccc(NC(=O)c3ccc(=O)n(Cc4ccccc4Cl)c3)nc2)CC1. The Bertz CT molecular complexity index is 1120. The van der Waals surface area contributed by atoms with E-state index in [4.69, 9.17) is 11.6 Å². The number of carbonyl (C=O) groups is 1. The molecule has 0 spiro atoms. The number of amides is 1. The summed E-state index contributed by atoms with van der Waals surface area (Å²) >= 11 is 6.20. The number of nitrogens with one attached hydrogen (secondary N) is 1. The summed E-state index contributed by atoms with van der Waals surface area (Å²) < 4.78 is 1.47. The zero-order chi connectivity index (χ0) is 21.8. The van der Waals surface area contributed by atoms with Crippen molar-refractivity contribution in [3.05, 3.63) is 87.4 Å². The predicted molar refractivity (Wildman–Crippen MR) is 123 cm³/mol. The summed E-state index contributed by atoms with van der Waals surface area (Å²) in [4.78, 5) is 33.9. The van der Waals surface area contributed by atoms with Crippen LogP contribution in [-0.4, -0.2) is 53.6 Å². The summed E-state index contributed by atoms with van der Waals surface area (Å²) in [6.45, 7) is 4.23. The Morgan fingerprint density at radius 1 is 1.06 bits per heavy atom. The number of pyridine rings is 2. The Labute approximate surface area is 185 Å². The smallest absolute Gasteiger partial charge is 0.258 e. The Hall–Kier alpha value is -3.16. The van der Waals surface area contributed by atoms with Crippen molar-refractivity contribution in [3.63, 3.8) is 0 Å². The van der Waals surface area contributed by atoms with Gasteiger partial charge in [-0.3, -0.25) is 9.59 Å². The van der Waals surface area contributed by atoms with Gasteiger partial charge >= 0.3 is 0 Å². The summed E-state index contributed by atoms with van der Waals surface area (Å²) in [6.07, 6.45) is 3.32. The highest BCUT2D eigenvalue weighted by Gasteiger charge is 2.15. The van der Waals surface area contributed by atoms with E-state index in [9.17, 15) is 9.59 Å². The number of carbonyl (C=O) groups excluding carboxylic acids is 1. The molecule has 1 saturated heterocycles. The molecule has 0 aliphatic carbocycles. The molecule has 1 aliphatic rings. The van der Waals surface area contributed by atoms with Crippen LogP contribution in [0.3, 0.4) is 0 Å². The molecule has 31 heavy (non-hydrogen) atoms. The van der Waals surface area contributed by atoms with Gasteiger partial charge < -0.3 is 19.7 Å². The van der Waals surface area contributed by atoms with Crippen LogP contribution in [0.1, 0.15) is 15.9 Å². The summed E-state index contributed by atoms with van der Waals surface area (Å²) in [7, 11) is 2.12. The van der Waals surface area contributed by atoms with Crippen LogP contribution in [0.4, 0.5) is 11.5 Å². The van der Waals surface area contributed by atoms with Gasteiger partial charge in [0.25, 0.3) is 11.5 Å². The fourth-order valence-electron chi connectivity index (χ4n) is 3.50. The molecule has 0 saturated carbocycles. The average molecular weight is 438 g/mol. The molecule has 0 atom stereocenters. The lowest BCUT2D eigenvalue weighted by Gasteiger charge is -2.33. The molecule has 160 valence electrons. The predicted octanol–water partition coefficient (Wildman–Crippen LogP) is 2.95. The van der Waals surface area contributed by atoms with E-state index in [0.717, 1.165) is 37.4 Å². The average Bonchev–Trinajstić information content (AvgIpc) is 2.78. The number of halogens is 1. The van der Waals surface area contributed by atoms with Gasteiger partial charge in [0.15, 0.2) is 0 Å². The minimum atomic E-state index is -0.326. The first-order chi connectivity index (χ1) is 15.0. The van der Waals surface area contributed by atoms with Crippen LogP contribution >= 0.6 is 11.6 Å². The summed E-state index contributed by atoms with van der Waals surface area (Å²) in [5.74, 6) is 0.138. The maximum Gasteiger partial charge on any atom is 0.258 e. The van der Waals surface area contributed by atoms with Crippen molar-refractivity contribution in [3.8, 4) is 0 Å². The minimum Gasteiger partial charge on any atom is -0.368 e. The zero-order valence-electron chi connectivity index (χ0n) is 17.3. The number of hydrogen-bond acceptors (Lipinski definition) is 5. The third kappa shape index (κ3) is 5.13. The molecule has 1 fully saturated rings. The summed E-state index contributed by atoms with van der Waals surface area (Å²) in [5.41, 5.74) is 2.02. The molecule has 1 aromatic carbocycles. The molecule has 1 N–H and O–H groups in total. The van der Waals surface area contributed by atoms with E-state index in [1.807, 2.05) is 24.3 Å². The quantitative estimate of drug-likeness (QED) is 0.664. The fourth-order valence-corrected chi connectivity index (χ4v) is 3.70. The van der Waals surface area contributed by atoms with Crippen LogP contribution in [0.2, 0.25) is 5.02 Å². The van der Waals surface area contributed by atoms with Crippen LogP contribution in [0, 0.1) is 0 Å². The molecule has 7 nitrogen and oxygen atoms in total. The zero-order valence-corrected chi connectivity index (χ0v) is 18.0. The number of piperazine rings is 1. The van der Waals surface area contributed by atoms with Crippen LogP contribution in [0.25, 0.3) is 0 Å². The first-order valence-electron chi connectivity index (χ1n) is 10.1. The van der Waals surface area contributed by atoms with E-state index in [0.29, 0.717) is 16.4 Å². The highest BCUT2D eigenvalue weighted by molar-refractivity contribution is 6.31. The van der Waals surface area contributed by atoms with Crippen LogP contribution in [-0.2, 0) is 6.54 Å². The van der Waals surface area contributed by atoms with Gasteiger partial charge in [-0.25, -0.2) is 4.98 Å². The van der Waals surface area contributed by atoms with E-state index >= 15 is 0 Å². The van der Waals surface area contributed by atoms with E-state index < -0.39 is 0 Å². The maximum absolute atomic E-state index is 12.7. The maximum atomic E-state index is 12.7. The molecular formula is C23H24ClN5O2. The number of aromatic nitrogens is 2. The molecule has 2 aromatic heterocycles. The monoisotopic (exact) mass is 437 g/mol. The first-order valence-corrected chi connectivity index (χ1v) is 10.5. The molecule has 0 bridgehead atoms. The number of anilines is 2. The van der Waals surface area contributed by atoms with Gasteiger partial charge in [-0.2, -0.15) is 0 Å². The molecular weight excluding hydrogens is 414 g/mol. The van der Waals surface area contributed by atoms with Gasteiger partial charge in [0.1, 0.15) is 5.82 Å². The van der Waals surface area contributed by atoms with Crippen LogP contribution < -0.4 is 15.8 Å². The van der Waals surface area contributed by atoms with Gasteiger partial charge in [-0.05, 0) is 36.9 Å². The Kier molecular flexibility index (Phi) is 6.34. The number of nitrogens with zero attached hydrogens (tertiary/aromatic N) is 4. The van der Waals surface area contributed by atoms with Crippen LogP contribution in [0.5, 0.6) is 0 Å². The normalized spacial score (nSPS) is 14.5. The topological polar surface area (TPSA) is 70.5 Å². The van der Waals surface area contributed by atoms with Gasteiger partial charge in [0.05, 0.1) is 24.0 Å². The lowest BCUT2D eigenvalue weighted by molar-refractivity contribution is 0.102. The number of likely N-dealkylation sites (N-methyl/N-ethyl adjacent to an activating group) is 1. The number of hydrogen-bond donors (Lipinski definition) is 1. The van der Waals surface area contributed by atoms with Crippen molar-refractivity contribution in [1.29, 1.82) is 0 Å². The molecule has 1 aliphatic heterocycles. The van der Waals surface area contributed by atoms with Gasteiger partial charge in [0.2, 0.25) is 0 Å². The largest absolute Gasteiger partial charge is 0.368 e. The summed E-state index contributed by atoms with van der Waals surface area (Å²) in [6, 6.07) is 14.0. The lowest BCUT2D eigenvalue weighted by Crippen LogP contribution is -2.44. The van der Waals surface area contributed by atoms with Crippen molar-refractivity contribution in [2.45, 2.75) is 6.54 Å². The Morgan fingerprint density at radius 3 is 2.55 bits per heavy atom. The van der Waals surface area contributed by atoms with E-state index in [-0.39, 0.29) is 18.0 Å². The highest BCUT2D eigenvalue weighted by atomic mass is 35.5. The fraction of sp³-hybridized carbons (Fsp3) is 0.261. The second-order valence-electron chi connectivity index (χ2n) is 7.62. The molecule has 3 heterocycles. The van der Waals surface area contributed by atoms with Gasteiger partial charge in [-0.1, -0.05) is 29.8 Å². The van der Waals surface area contributed by atoms with Crippen molar-refractivity contribution in [2.75, 3.05) is 43.4 Å². The standard InChI is InChI=1S/C23H24ClN5O2/c1-27-10-12-28(13-11-27)19-7-8-21(25-14-19)26-23(31)18-6-9-22(30)29(16-18)15-17-4-2-3-5-20(17)24/h2-9,14,16H,10-13,15H2,1H3,(H,25,26,31). The van der Waals surface area contributed by atoms with Crippen molar-refractivity contribution < 1.29 is 4.79 Å². The van der Waals surface area contributed by atoms with Crippen LogP contribution in [0.15, 0.2) is 65.7 Å².